The number of hydrogen-bond acceptors (Lipinski definition) is 2. The Balaban J connectivity index is 2.75. The summed E-state index contributed by atoms with van der Waals surface area (Å²) in [5.41, 5.74) is 0. The fourth-order valence-corrected chi connectivity index (χ4v) is 0.713. The minimum absolute atomic E-state index is 0.0544. The quantitative estimate of drug-likeness (QED) is 0.665. The van der Waals surface area contributed by atoms with E-state index in [1.165, 1.54) is 37.2 Å². The third kappa shape index (κ3) is 2.43. The summed E-state index contributed by atoms with van der Waals surface area (Å²) in [5, 5.41) is 0. The lowest BCUT2D eigenvalue weighted by Gasteiger charge is -2.10. The number of para-hydroxylation sites is 1. The SMILES string of the molecule is CN(C)C(=O)Oc1ccccc1F. The number of amides is 1. The number of carbonyl (C=O) groups excluding carboxylic acids is 1. The molecule has 0 bridgehead atoms. The summed E-state index contributed by atoms with van der Waals surface area (Å²) in [6, 6.07) is 5.76. The van der Waals surface area contributed by atoms with Crippen molar-refractivity contribution in [2.24, 2.45) is 0 Å². The molecule has 1 rings (SSSR count). The molecule has 1 aromatic carbocycles. The molecule has 0 fully saturated rings. The fourth-order valence-electron chi connectivity index (χ4n) is 0.713. The van der Waals surface area contributed by atoms with Crippen LogP contribution in [0.3, 0.4) is 0 Å². The Morgan fingerprint density at radius 3 is 2.54 bits per heavy atom. The second-order valence-corrected chi connectivity index (χ2v) is 2.69. The first-order valence-corrected chi connectivity index (χ1v) is 3.75. The van der Waals surface area contributed by atoms with E-state index in [4.69, 9.17) is 4.74 Å². The van der Waals surface area contributed by atoms with E-state index < -0.39 is 11.9 Å². The maximum atomic E-state index is 12.9. The van der Waals surface area contributed by atoms with Crippen LogP contribution in [0, 0.1) is 5.82 Å². The highest BCUT2D eigenvalue weighted by atomic mass is 19.1. The van der Waals surface area contributed by atoms with Gasteiger partial charge < -0.3 is 9.64 Å². The molecule has 0 unspecified atom stereocenters. The van der Waals surface area contributed by atoms with Crippen LogP contribution in [0.4, 0.5) is 9.18 Å². The van der Waals surface area contributed by atoms with Gasteiger partial charge in [-0.2, -0.15) is 0 Å². The van der Waals surface area contributed by atoms with Crippen LogP contribution in [-0.4, -0.2) is 25.1 Å². The average Bonchev–Trinajstić information content (AvgIpc) is 2.08. The van der Waals surface area contributed by atoms with Gasteiger partial charge in [0.1, 0.15) is 0 Å². The highest BCUT2D eigenvalue weighted by Gasteiger charge is 2.09. The van der Waals surface area contributed by atoms with Gasteiger partial charge in [-0.1, -0.05) is 12.1 Å². The Kier molecular flexibility index (Phi) is 2.84. The minimum atomic E-state index is -0.592. The zero-order valence-electron chi connectivity index (χ0n) is 7.45. The predicted octanol–water partition coefficient (Wildman–Crippen LogP) is 1.89. The molecular weight excluding hydrogens is 173 g/mol. The Hall–Kier alpha value is -1.58. The van der Waals surface area contributed by atoms with Crippen LogP contribution < -0.4 is 4.74 Å². The highest BCUT2D eigenvalue weighted by molar-refractivity contribution is 5.69. The third-order valence-corrected chi connectivity index (χ3v) is 1.40. The van der Waals surface area contributed by atoms with Crippen molar-refractivity contribution >= 4 is 6.09 Å². The van der Waals surface area contributed by atoms with Gasteiger partial charge in [-0.25, -0.2) is 9.18 Å². The standard InChI is InChI=1S/C9H10FNO2/c1-11(2)9(12)13-8-6-4-3-5-7(8)10/h3-6H,1-2H3. The Morgan fingerprint density at radius 2 is 2.00 bits per heavy atom. The topological polar surface area (TPSA) is 29.5 Å². The van der Waals surface area contributed by atoms with E-state index in [1.54, 1.807) is 6.07 Å². The maximum absolute atomic E-state index is 12.9. The molecule has 0 spiro atoms. The Morgan fingerprint density at radius 1 is 1.38 bits per heavy atom. The second-order valence-electron chi connectivity index (χ2n) is 2.69. The molecule has 1 aromatic rings. The van der Waals surface area contributed by atoms with Crippen molar-refractivity contribution in [1.29, 1.82) is 0 Å². The van der Waals surface area contributed by atoms with Crippen LogP contribution in [0.25, 0.3) is 0 Å². The third-order valence-electron chi connectivity index (χ3n) is 1.40. The predicted molar refractivity (Wildman–Crippen MR) is 46.1 cm³/mol. The van der Waals surface area contributed by atoms with Crippen molar-refractivity contribution in [1.82, 2.24) is 4.90 Å². The molecule has 70 valence electrons. The maximum Gasteiger partial charge on any atom is 0.414 e. The molecule has 0 heterocycles. The molecule has 0 aromatic heterocycles. The fraction of sp³-hybridized carbons (Fsp3) is 0.222. The smallest absolute Gasteiger partial charge is 0.407 e. The molecular formula is C9H10FNO2. The summed E-state index contributed by atoms with van der Waals surface area (Å²) in [4.78, 5) is 12.2. The van der Waals surface area contributed by atoms with Gasteiger partial charge in [0.15, 0.2) is 11.6 Å². The van der Waals surface area contributed by atoms with E-state index in [1.807, 2.05) is 0 Å². The summed E-state index contributed by atoms with van der Waals surface area (Å²) in [6.07, 6.45) is -0.592. The van der Waals surface area contributed by atoms with Crippen LogP contribution in [0.5, 0.6) is 5.75 Å². The number of nitrogens with zero attached hydrogens (tertiary/aromatic N) is 1. The first kappa shape index (κ1) is 9.51. The monoisotopic (exact) mass is 183 g/mol. The summed E-state index contributed by atoms with van der Waals surface area (Å²) in [7, 11) is 3.06. The van der Waals surface area contributed by atoms with E-state index in [2.05, 4.69) is 0 Å². The zero-order valence-corrected chi connectivity index (χ0v) is 7.45. The van der Waals surface area contributed by atoms with E-state index in [0.29, 0.717) is 0 Å². The van der Waals surface area contributed by atoms with Crippen molar-refractivity contribution in [3.8, 4) is 5.75 Å². The molecule has 0 N–H and O–H groups in total. The number of ether oxygens (including phenoxy) is 1. The van der Waals surface area contributed by atoms with Crippen LogP contribution >= 0.6 is 0 Å². The number of halogens is 1. The van der Waals surface area contributed by atoms with E-state index in [-0.39, 0.29) is 5.75 Å². The summed E-state index contributed by atoms with van der Waals surface area (Å²) < 4.78 is 17.6. The van der Waals surface area contributed by atoms with Crippen molar-refractivity contribution in [3.05, 3.63) is 30.1 Å². The molecule has 0 aliphatic heterocycles. The number of rotatable bonds is 1. The highest BCUT2D eigenvalue weighted by Crippen LogP contribution is 2.15. The van der Waals surface area contributed by atoms with Gasteiger partial charge in [0.05, 0.1) is 0 Å². The first-order chi connectivity index (χ1) is 6.11. The molecule has 3 nitrogen and oxygen atoms in total. The lowest BCUT2D eigenvalue weighted by molar-refractivity contribution is 0.170. The van der Waals surface area contributed by atoms with Crippen LogP contribution in [-0.2, 0) is 0 Å². The molecule has 0 atom stereocenters. The molecule has 1 amide bonds. The minimum Gasteiger partial charge on any atom is -0.407 e. The van der Waals surface area contributed by atoms with Crippen molar-refractivity contribution in [2.45, 2.75) is 0 Å². The van der Waals surface area contributed by atoms with Crippen molar-refractivity contribution < 1.29 is 13.9 Å². The van der Waals surface area contributed by atoms with E-state index >= 15 is 0 Å². The lowest BCUT2D eigenvalue weighted by Crippen LogP contribution is -2.25. The van der Waals surface area contributed by atoms with Gasteiger partial charge in [0.2, 0.25) is 0 Å². The average molecular weight is 183 g/mol. The zero-order chi connectivity index (χ0) is 9.84. The van der Waals surface area contributed by atoms with Gasteiger partial charge >= 0.3 is 6.09 Å². The van der Waals surface area contributed by atoms with Crippen molar-refractivity contribution in [3.63, 3.8) is 0 Å². The molecule has 4 heteroatoms. The molecule has 13 heavy (non-hydrogen) atoms. The van der Waals surface area contributed by atoms with Gasteiger partial charge in [-0.3, -0.25) is 0 Å². The number of benzene rings is 1. The van der Waals surface area contributed by atoms with Crippen LogP contribution in [0.15, 0.2) is 24.3 Å². The van der Waals surface area contributed by atoms with Gasteiger partial charge in [0, 0.05) is 14.1 Å². The molecule has 0 radical (unpaired) electrons. The number of carbonyl (C=O) groups is 1. The summed E-state index contributed by atoms with van der Waals surface area (Å²) >= 11 is 0. The van der Waals surface area contributed by atoms with Gasteiger partial charge in [-0.15, -0.1) is 0 Å². The normalized spacial score (nSPS) is 9.46. The van der Waals surface area contributed by atoms with E-state index in [0.717, 1.165) is 0 Å². The Labute approximate surface area is 75.7 Å². The molecule has 0 aliphatic rings. The largest absolute Gasteiger partial charge is 0.414 e. The molecule has 0 saturated carbocycles. The van der Waals surface area contributed by atoms with E-state index in [9.17, 15) is 9.18 Å². The lowest BCUT2D eigenvalue weighted by atomic mass is 10.3. The summed E-state index contributed by atoms with van der Waals surface area (Å²) in [5.74, 6) is -0.598. The van der Waals surface area contributed by atoms with Crippen molar-refractivity contribution in [2.75, 3.05) is 14.1 Å². The first-order valence-electron chi connectivity index (χ1n) is 3.75. The Bertz CT molecular complexity index is 312. The molecule has 0 aliphatic carbocycles. The van der Waals surface area contributed by atoms with Crippen LogP contribution in [0.2, 0.25) is 0 Å². The number of hydrogen-bond donors (Lipinski definition) is 0. The summed E-state index contributed by atoms with van der Waals surface area (Å²) in [6.45, 7) is 0. The molecule has 0 saturated heterocycles. The van der Waals surface area contributed by atoms with Gasteiger partial charge in [-0.05, 0) is 12.1 Å². The van der Waals surface area contributed by atoms with Gasteiger partial charge in [0.25, 0.3) is 0 Å². The van der Waals surface area contributed by atoms with Crippen LogP contribution in [0.1, 0.15) is 0 Å². The second kappa shape index (κ2) is 3.89.